The van der Waals surface area contributed by atoms with E-state index in [1.165, 1.54) is 5.06 Å². The summed E-state index contributed by atoms with van der Waals surface area (Å²) in [4.78, 5) is 24.7. The van der Waals surface area contributed by atoms with Crippen molar-refractivity contribution in [1.82, 2.24) is 10.1 Å². The number of thiol groups is 1. The molecule has 0 aliphatic carbocycles. The number of benzene rings is 1. The molecule has 148 valence electrons. The molecular formula is C20H28N2O4S. The van der Waals surface area contributed by atoms with E-state index in [4.69, 9.17) is 13.9 Å². The van der Waals surface area contributed by atoms with Crippen molar-refractivity contribution in [2.24, 2.45) is 0 Å². The van der Waals surface area contributed by atoms with Gasteiger partial charge in [0.25, 0.3) is 5.91 Å². The van der Waals surface area contributed by atoms with Crippen LogP contribution in [-0.2, 0) is 18.7 Å². The summed E-state index contributed by atoms with van der Waals surface area (Å²) in [7, 11) is 1.66. The third kappa shape index (κ3) is 3.27. The average molecular weight is 393 g/mol. The summed E-state index contributed by atoms with van der Waals surface area (Å²) in [5.41, 5.74) is 4.05. The topological polar surface area (TPSA) is 51.2 Å². The molecular weight excluding hydrogens is 364 g/mol. The molecule has 27 heavy (non-hydrogen) atoms. The van der Waals surface area contributed by atoms with Crippen LogP contribution in [0.4, 0.5) is 0 Å². The fourth-order valence-corrected chi connectivity index (χ4v) is 4.68. The lowest BCUT2D eigenvalue weighted by atomic mass is 9.85. The number of hydroxylamine groups is 4. The summed E-state index contributed by atoms with van der Waals surface area (Å²) in [6.45, 7) is 9.73. The van der Waals surface area contributed by atoms with Gasteiger partial charge < -0.3 is 9.02 Å². The molecule has 0 N–H and O–H groups in total. The number of nitrogens with zero attached hydrogens (tertiary/aromatic N) is 2. The number of carbonyl (C=O) groups excluding carboxylic acids is 1. The first-order valence-electron chi connectivity index (χ1n) is 9.30. The van der Waals surface area contributed by atoms with Crippen molar-refractivity contribution in [1.29, 1.82) is 0 Å². The van der Waals surface area contributed by atoms with E-state index in [0.717, 1.165) is 22.3 Å². The van der Waals surface area contributed by atoms with Gasteiger partial charge in [-0.15, -0.1) is 0 Å². The zero-order valence-electron chi connectivity index (χ0n) is 16.7. The molecule has 1 aromatic rings. The molecule has 1 aromatic carbocycles. The Balaban J connectivity index is 2.17. The van der Waals surface area contributed by atoms with E-state index in [-0.39, 0.29) is 5.91 Å². The first kappa shape index (κ1) is 20.2. The minimum atomic E-state index is -0.664. The molecule has 0 radical (unpaired) electrons. The van der Waals surface area contributed by atoms with Crippen LogP contribution in [0.1, 0.15) is 42.0 Å². The molecule has 0 unspecified atom stereocenters. The maximum absolute atomic E-state index is 13.5. The molecule has 1 amide bonds. The molecule has 2 aliphatic heterocycles. The zero-order chi connectivity index (χ0) is 19.8. The van der Waals surface area contributed by atoms with Gasteiger partial charge in [-0.1, -0.05) is 17.7 Å². The van der Waals surface area contributed by atoms with Gasteiger partial charge in [-0.25, -0.2) is 5.06 Å². The third-order valence-electron chi connectivity index (χ3n) is 5.52. The number of piperidine rings is 1. The summed E-state index contributed by atoms with van der Waals surface area (Å²) in [6, 6.07) is 4.17. The van der Waals surface area contributed by atoms with E-state index in [2.05, 4.69) is 32.0 Å². The zero-order valence-corrected chi connectivity index (χ0v) is 17.6. The van der Waals surface area contributed by atoms with E-state index in [0.29, 0.717) is 43.9 Å². The Morgan fingerprint density at radius 3 is 2.22 bits per heavy atom. The predicted octanol–water partition coefficient (Wildman–Crippen LogP) is 3.37. The lowest BCUT2D eigenvalue weighted by Crippen LogP contribution is -2.54. The second-order valence-electron chi connectivity index (χ2n) is 7.23. The first-order chi connectivity index (χ1) is 12.9. The van der Waals surface area contributed by atoms with Crippen LogP contribution in [-0.4, -0.2) is 48.4 Å². The summed E-state index contributed by atoms with van der Waals surface area (Å²) in [5, 5.41) is 3.40. The summed E-state index contributed by atoms with van der Waals surface area (Å²) < 4.78 is 5.60. The van der Waals surface area contributed by atoms with E-state index in [9.17, 15) is 4.79 Å². The molecule has 3 rings (SSSR count). The highest BCUT2D eigenvalue weighted by atomic mass is 32.1. The van der Waals surface area contributed by atoms with Crippen LogP contribution in [0.2, 0.25) is 0 Å². The van der Waals surface area contributed by atoms with Crippen LogP contribution in [0, 0.1) is 20.8 Å². The Labute approximate surface area is 166 Å². The number of amides is 1. The molecule has 2 heterocycles. The van der Waals surface area contributed by atoms with E-state index in [1.807, 2.05) is 25.8 Å². The Morgan fingerprint density at radius 2 is 1.74 bits per heavy atom. The van der Waals surface area contributed by atoms with Gasteiger partial charge >= 0.3 is 0 Å². The Bertz CT molecular complexity index is 746. The Morgan fingerprint density at radius 1 is 1.15 bits per heavy atom. The van der Waals surface area contributed by atoms with Crippen molar-refractivity contribution in [2.75, 3.05) is 26.8 Å². The largest absolute Gasteiger partial charge is 0.430 e. The fourth-order valence-electron chi connectivity index (χ4n) is 4.42. The molecule has 0 aromatic heterocycles. The molecule has 7 heteroatoms. The fraction of sp³-hybridized carbons (Fsp3) is 0.550. The van der Waals surface area contributed by atoms with Gasteiger partial charge in [-0.3, -0.25) is 9.63 Å². The first-order valence-corrected chi connectivity index (χ1v) is 9.67. The minimum absolute atomic E-state index is 0.165. The second kappa shape index (κ2) is 7.83. The van der Waals surface area contributed by atoms with Crippen LogP contribution < -0.4 is 0 Å². The van der Waals surface area contributed by atoms with Crippen LogP contribution in [0.5, 0.6) is 0 Å². The molecule has 1 fully saturated rings. The quantitative estimate of drug-likeness (QED) is 0.615. The smallest absolute Gasteiger partial charge is 0.282 e. The van der Waals surface area contributed by atoms with Crippen molar-refractivity contribution < 1.29 is 18.7 Å². The van der Waals surface area contributed by atoms with E-state index >= 15 is 0 Å². The number of hydrogen-bond acceptors (Lipinski definition) is 6. The minimum Gasteiger partial charge on any atom is -0.430 e. The Kier molecular flexibility index (Phi) is 5.86. The predicted molar refractivity (Wildman–Crippen MR) is 107 cm³/mol. The second-order valence-corrected chi connectivity index (χ2v) is 7.41. The van der Waals surface area contributed by atoms with Crippen LogP contribution in [0.25, 0.3) is 5.57 Å². The lowest BCUT2D eigenvalue weighted by Gasteiger charge is -2.43. The molecule has 6 nitrogen and oxygen atoms in total. The molecule has 0 saturated carbocycles. The summed E-state index contributed by atoms with van der Waals surface area (Å²) >= 11 is 4.16. The highest BCUT2D eigenvalue weighted by Gasteiger charge is 2.56. The number of hydrogen-bond donors (Lipinski definition) is 1. The van der Waals surface area contributed by atoms with Crippen molar-refractivity contribution in [3.8, 4) is 0 Å². The summed E-state index contributed by atoms with van der Waals surface area (Å²) in [5.74, 6) is 0.414. The van der Waals surface area contributed by atoms with Gasteiger partial charge in [-0.2, -0.15) is 5.06 Å². The highest BCUT2D eigenvalue weighted by Crippen LogP contribution is 2.48. The van der Waals surface area contributed by atoms with Crippen molar-refractivity contribution in [2.45, 2.75) is 46.1 Å². The SMILES string of the molecule is CCON1C(=O)C(c2c(C)cc(C)cc2C)=C(OS)C12CCN(OC)CC2. The number of rotatable bonds is 5. The van der Waals surface area contributed by atoms with Crippen molar-refractivity contribution >= 4 is 24.4 Å². The third-order valence-corrected chi connectivity index (χ3v) is 5.70. The molecule has 1 saturated heterocycles. The van der Waals surface area contributed by atoms with Gasteiger partial charge in [0.05, 0.1) is 19.3 Å². The standard InChI is InChI=1S/C20H28N2O4S/c1-6-25-22-19(23)17(16-14(3)11-13(2)12-15(16)4)18(26-27)20(22)7-9-21(24-5)10-8-20/h11-12,27H,6-10H2,1-5H3. The summed E-state index contributed by atoms with van der Waals surface area (Å²) in [6.07, 6.45) is 1.30. The van der Waals surface area contributed by atoms with Gasteiger partial charge in [-0.05, 0) is 57.2 Å². The van der Waals surface area contributed by atoms with E-state index < -0.39 is 5.54 Å². The number of aryl methyl sites for hydroxylation is 3. The van der Waals surface area contributed by atoms with Gasteiger partial charge in [0.1, 0.15) is 5.54 Å². The van der Waals surface area contributed by atoms with Crippen LogP contribution >= 0.6 is 12.9 Å². The monoisotopic (exact) mass is 392 g/mol. The number of carbonyl (C=O) groups is 1. The van der Waals surface area contributed by atoms with Crippen molar-refractivity contribution in [3.05, 3.63) is 40.1 Å². The molecule has 2 aliphatic rings. The molecule has 0 bridgehead atoms. The maximum atomic E-state index is 13.5. The van der Waals surface area contributed by atoms with Crippen molar-refractivity contribution in [3.63, 3.8) is 0 Å². The molecule has 0 atom stereocenters. The highest BCUT2D eigenvalue weighted by molar-refractivity contribution is 7.75. The van der Waals surface area contributed by atoms with Crippen LogP contribution in [0.15, 0.2) is 17.9 Å². The van der Waals surface area contributed by atoms with E-state index in [1.54, 1.807) is 7.11 Å². The molecule has 1 spiro atoms. The Hall–Kier alpha value is -1.54. The maximum Gasteiger partial charge on any atom is 0.282 e. The normalized spacial score (nSPS) is 20.1. The van der Waals surface area contributed by atoms with Gasteiger partial charge in [0.2, 0.25) is 0 Å². The van der Waals surface area contributed by atoms with Crippen LogP contribution in [0.3, 0.4) is 0 Å². The van der Waals surface area contributed by atoms with Gasteiger partial charge in [0, 0.05) is 26.0 Å². The van der Waals surface area contributed by atoms with Gasteiger partial charge in [0.15, 0.2) is 5.76 Å². The lowest BCUT2D eigenvalue weighted by molar-refractivity contribution is -0.229. The average Bonchev–Trinajstić information content (AvgIpc) is 2.84.